The molecule has 1 heterocycles. The molecule has 0 aliphatic carbocycles. The van der Waals surface area contributed by atoms with E-state index in [9.17, 15) is 14.4 Å². The fraction of sp³-hybridized carbons (Fsp3) is 0.267. The van der Waals surface area contributed by atoms with E-state index >= 15 is 0 Å². The Morgan fingerprint density at radius 3 is 2.57 bits per heavy atom. The van der Waals surface area contributed by atoms with Crippen molar-refractivity contribution in [3.05, 3.63) is 36.0 Å². The zero-order valence-electron chi connectivity index (χ0n) is 12.8. The predicted octanol–water partition coefficient (Wildman–Crippen LogP) is -0.211. The van der Waals surface area contributed by atoms with Gasteiger partial charge in [0.25, 0.3) is 0 Å². The van der Waals surface area contributed by atoms with Crippen molar-refractivity contribution in [2.45, 2.75) is 12.5 Å². The number of carbonyl (C=O) groups is 3. The van der Waals surface area contributed by atoms with Crippen LogP contribution in [0.1, 0.15) is 5.56 Å². The molecule has 0 saturated carbocycles. The molecule has 1 atom stereocenters. The van der Waals surface area contributed by atoms with E-state index in [-0.39, 0.29) is 12.3 Å². The van der Waals surface area contributed by atoms with Crippen molar-refractivity contribution in [1.29, 1.82) is 0 Å². The number of H-pyrrole nitrogens is 1. The lowest BCUT2D eigenvalue weighted by atomic mass is 10.0. The topological polar surface area (TPSA) is 115 Å². The Morgan fingerprint density at radius 1 is 1.22 bits per heavy atom. The molecule has 1 aromatic heterocycles. The molecule has 122 valence electrons. The molecule has 8 nitrogen and oxygen atoms in total. The Hall–Kier alpha value is -2.87. The summed E-state index contributed by atoms with van der Waals surface area (Å²) in [6.45, 7) is 0. The van der Waals surface area contributed by atoms with Crippen LogP contribution in [-0.2, 0) is 20.8 Å². The molecule has 0 aliphatic heterocycles. The fourth-order valence-electron chi connectivity index (χ4n) is 2.31. The molecule has 2 rings (SSSR count). The lowest BCUT2D eigenvalue weighted by molar-refractivity contribution is -0.146. The number of hydrogen-bond donors (Lipinski definition) is 4. The highest BCUT2D eigenvalue weighted by Crippen LogP contribution is 2.19. The summed E-state index contributed by atoms with van der Waals surface area (Å²) in [7, 11) is 3.12. The van der Waals surface area contributed by atoms with Crippen LogP contribution < -0.4 is 10.8 Å². The number of nitrogens with zero attached hydrogens (tertiary/aromatic N) is 1. The molecule has 0 fully saturated rings. The third kappa shape index (κ3) is 3.67. The van der Waals surface area contributed by atoms with Crippen LogP contribution in [0.25, 0.3) is 10.9 Å². The first-order chi connectivity index (χ1) is 10.9. The monoisotopic (exact) mass is 318 g/mol. The first-order valence-corrected chi connectivity index (χ1v) is 6.95. The maximum atomic E-state index is 12.3. The van der Waals surface area contributed by atoms with Crippen molar-refractivity contribution in [1.82, 2.24) is 20.7 Å². The van der Waals surface area contributed by atoms with Crippen LogP contribution in [0.4, 0.5) is 0 Å². The average molecular weight is 318 g/mol. The molecular weight excluding hydrogens is 300 g/mol. The number of aromatic amines is 1. The number of amides is 3. The number of benzene rings is 1. The van der Waals surface area contributed by atoms with E-state index in [0.29, 0.717) is 0 Å². The number of rotatable bonds is 4. The van der Waals surface area contributed by atoms with E-state index in [2.05, 4.69) is 10.3 Å². The zero-order chi connectivity index (χ0) is 17.0. The van der Waals surface area contributed by atoms with Crippen molar-refractivity contribution in [3.8, 4) is 0 Å². The minimum Gasteiger partial charge on any atom is -0.361 e. The van der Waals surface area contributed by atoms with Gasteiger partial charge in [-0.15, -0.1) is 0 Å². The molecule has 1 aromatic carbocycles. The number of para-hydroxylation sites is 1. The van der Waals surface area contributed by atoms with Gasteiger partial charge in [-0.2, -0.15) is 0 Å². The van der Waals surface area contributed by atoms with Crippen LogP contribution in [0.3, 0.4) is 0 Å². The minimum absolute atomic E-state index is 0.214. The molecule has 8 heteroatoms. The molecule has 2 aromatic rings. The molecular formula is C15H18N4O4. The molecule has 0 unspecified atom stereocenters. The Bertz CT molecular complexity index is 738. The van der Waals surface area contributed by atoms with Gasteiger partial charge >= 0.3 is 11.8 Å². The Labute approximate surface area is 132 Å². The van der Waals surface area contributed by atoms with Crippen LogP contribution in [0.2, 0.25) is 0 Å². The quantitative estimate of drug-likeness (QED) is 0.355. The second kappa shape index (κ2) is 6.93. The zero-order valence-corrected chi connectivity index (χ0v) is 12.8. The van der Waals surface area contributed by atoms with E-state index in [1.165, 1.54) is 10.4 Å². The Kier molecular flexibility index (Phi) is 4.97. The van der Waals surface area contributed by atoms with Gasteiger partial charge in [0.1, 0.15) is 6.04 Å². The highest BCUT2D eigenvalue weighted by molar-refractivity contribution is 6.35. The summed E-state index contributed by atoms with van der Waals surface area (Å²) in [4.78, 5) is 39.5. The molecule has 0 bridgehead atoms. The van der Waals surface area contributed by atoms with Crippen molar-refractivity contribution in [2.75, 3.05) is 14.1 Å². The third-order valence-electron chi connectivity index (χ3n) is 3.45. The van der Waals surface area contributed by atoms with Gasteiger partial charge in [-0.05, 0) is 11.6 Å². The Balaban J connectivity index is 2.25. The maximum absolute atomic E-state index is 12.3. The van der Waals surface area contributed by atoms with Crippen molar-refractivity contribution >= 4 is 28.6 Å². The van der Waals surface area contributed by atoms with E-state index < -0.39 is 17.9 Å². The van der Waals surface area contributed by atoms with Gasteiger partial charge in [-0.25, -0.2) is 5.48 Å². The van der Waals surface area contributed by atoms with Gasteiger partial charge in [0.2, 0.25) is 5.91 Å². The SMILES string of the molecule is CN(C)C(=O)[C@H](Cc1c[nH]c2ccccc12)NC(=O)C(=O)NO. The van der Waals surface area contributed by atoms with Gasteiger partial charge in [0.05, 0.1) is 0 Å². The smallest absolute Gasteiger partial charge is 0.332 e. The molecule has 0 saturated heterocycles. The highest BCUT2D eigenvalue weighted by Gasteiger charge is 2.26. The number of fused-ring (bicyclic) bond motifs is 1. The molecule has 0 radical (unpaired) electrons. The first kappa shape index (κ1) is 16.5. The van der Waals surface area contributed by atoms with Crippen molar-refractivity contribution in [2.24, 2.45) is 0 Å². The van der Waals surface area contributed by atoms with Gasteiger partial charge in [-0.3, -0.25) is 19.6 Å². The molecule has 4 N–H and O–H groups in total. The van der Waals surface area contributed by atoms with Crippen LogP contribution in [0.15, 0.2) is 30.5 Å². The van der Waals surface area contributed by atoms with Crippen molar-refractivity contribution in [3.63, 3.8) is 0 Å². The van der Waals surface area contributed by atoms with Gasteiger partial charge in [0, 0.05) is 37.6 Å². The third-order valence-corrected chi connectivity index (χ3v) is 3.45. The van der Waals surface area contributed by atoms with Crippen LogP contribution in [-0.4, -0.2) is 52.9 Å². The van der Waals surface area contributed by atoms with E-state index in [1.807, 2.05) is 24.3 Å². The predicted molar refractivity (Wildman–Crippen MR) is 82.6 cm³/mol. The summed E-state index contributed by atoms with van der Waals surface area (Å²) in [5.41, 5.74) is 3.00. The van der Waals surface area contributed by atoms with E-state index in [1.54, 1.807) is 20.3 Å². The summed E-state index contributed by atoms with van der Waals surface area (Å²) in [5, 5.41) is 11.8. The van der Waals surface area contributed by atoms with Gasteiger partial charge < -0.3 is 15.2 Å². The number of hydroxylamine groups is 1. The summed E-state index contributed by atoms with van der Waals surface area (Å²) >= 11 is 0. The van der Waals surface area contributed by atoms with Crippen LogP contribution >= 0.6 is 0 Å². The van der Waals surface area contributed by atoms with E-state index in [4.69, 9.17) is 5.21 Å². The second-order valence-electron chi connectivity index (χ2n) is 5.26. The number of carbonyl (C=O) groups excluding carboxylic acids is 3. The van der Waals surface area contributed by atoms with Crippen LogP contribution in [0, 0.1) is 0 Å². The number of likely N-dealkylation sites (N-methyl/N-ethyl adjacent to an activating group) is 1. The number of aromatic nitrogens is 1. The molecule has 3 amide bonds. The standard InChI is InChI=1S/C15H18N4O4/c1-19(2)15(22)12(17-13(20)14(21)18-23)7-9-8-16-11-6-4-3-5-10(9)11/h3-6,8,12,16,23H,7H2,1-2H3,(H,17,20)(H,18,21)/t12-/m0/s1. The molecule has 23 heavy (non-hydrogen) atoms. The lowest BCUT2D eigenvalue weighted by Crippen LogP contribution is -2.51. The summed E-state index contributed by atoms with van der Waals surface area (Å²) in [6.07, 6.45) is 1.98. The summed E-state index contributed by atoms with van der Waals surface area (Å²) in [6, 6.07) is 6.65. The van der Waals surface area contributed by atoms with Gasteiger partial charge in [0.15, 0.2) is 0 Å². The molecule has 0 spiro atoms. The summed E-state index contributed by atoms with van der Waals surface area (Å²) < 4.78 is 0. The lowest BCUT2D eigenvalue weighted by Gasteiger charge is -2.21. The second-order valence-corrected chi connectivity index (χ2v) is 5.26. The van der Waals surface area contributed by atoms with Crippen LogP contribution in [0.5, 0.6) is 0 Å². The number of nitrogens with one attached hydrogen (secondary N) is 3. The van der Waals surface area contributed by atoms with E-state index in [0.717, 1.165) is 16.5 Å². The van der Waals surface area contributed by atoms with Crippen molar-refractivity contribution < 1.29 is 19.6 Å². The number of hydrogen-bond acceptors (Lipinski definition) is 4. The minimum atomic E-state index is -1.22. The van der Waals surface area contributed by atoms with Gasteiger partial charge in [-0.1, -0.05) is 18.2 Å². The maximum Gasteiger partial charge on any atom is 0.332 e. The largest absolute Gasteiger partial charge is 0.361 e. The molecule has 0 aliphatic rings. The average Bonchev–Trinajstić information content (AvgIpc) is 2.95. The fourth-order valence-corrected chi connectivity index (χ4v) is 2.31. The normalized spacial score (nSPS) is 11.8. The summed E-state index contributed by atoms with van der Waals surface area (Å²) in [5.74, 6) is -2.65. The first-order valence-electron chi connectivity index (χ1n) is 6.95. The Morgan fingerprint density at radius 2 is 1.91 bits per heavy atom. The highest BCUT2D eigenvalue weighted by atomic mass is 16.5.